The van der Waals surface area contributed by atoms with Crippen molar-refractivity contribution in [2.45, 2.75) is 0 Å². The van der Waals surface area contributed by atoms with Crippen molar-refractivity contribution in [1.29, 1.82) is 0 Å². The summed E-state index contributed by atoms with van der Waals surface area (Å²) in [4.78, 5) is 15.7. The molecule has 4 heteroatoms. The van der Waals surface area contributed by atoms with E-state index >= 15 is 0 Å². The number of amides is 1. The van der Waals surface area contributed by atoms with E-state index in [0.717, 1.165) is 5.39 Å². The average molecular weight is 265 g/mol. The predicted molar refractivity (Wildman–Crippen MR) is 76.2 cm³/mol. The van der Waals surface area contributed by atoms with Crippen LogP contribution in [-0.4, -0.2) is 17.2 Å². The summed E-state index contributed by atoms with van der Waals surface area (Å²) in [6, 6.07) is 15.9. The highest BCUT2D eigenvalue weighted by molar-refractivity contribution is 6.06. The van der Waals surface area contributed by atoms with E-state index in [1.807, 2.05) is 12.1 Å². The number of carbonyl (C=O) groups is 1. The van der Waals surface area contributed by atoms with Crippen molar-refractivity contribution in [3.05, 3.63) is 65.9 Å². The maximum Gasteiger partial charge on any atom is 0.290 e. The fourth-order valence-corrected chi connectivity index (χ4v) is 1.97. The maximum atomic E-state index is 11.9. The number of aliphatic imine (C=N–C) groups is 1. The van der Waals surface area contributed by atoms with Gasteiger partial charge in [0.2, 0.25) is 0 Å². The lowest BCUT2D eigenvalue weighted by Gasteiger charge is -1.93. The Morgan fingerprint density at radius 1 is 1.00 bits per heavy atom. The number of fused-ring (bicyclic) bond motifs is 1. The van der Waals surface area contributed by atoms with Gasteiger partial charge in [-0.15, -0.1) is 0 Å². The maximum absolute atomic E-state index is 11.9. The first-order valence-electron chi connectivity index (χ1n) is 6.09. The molecule has 0 saturated carbocycles. The van der Waals surface area contributed by atoms with Gasteiger partial charge in [-0.05, 0) is 18.2 Å². The van der Waals surface area contributed by atoms with Crippen LogP contribution in [0.3, 0.4) is 0 Å². The summed E-state index contributed by atoms with van der Waals surface area (Å²) < 4.78 is 5.21. The minimum absolute atomic E-state index is 0.172. The van der Waals surface area contributed by atoms with Crippen LogP contribution in [-0.2, 0) is 0 Å². The zero-order valence-electron chi connectivity index (χ0n) is 10.5. The second kappa shape index (κ2) is 5.01. The second-order valence-electron chi connectivity index (χ2n) is 4.25. The second-order valence-corrected chi connectivity index (χ2v) is 4.25. The highest BCUT2D eigenvalue weighted by atomic mass is 16.5. The Bertz CT molecular complexity index is 788. The SMILES string of the molecule is O=C(N=Cc1oc(O)c2ccccc12)c1ccccc1. The molecule has 1 heterocycles. The molecule has 0 atom stereocenters. The molecule has 1 aromatic heterocycles. The monoisotopic (exact) mass is 265 g/mol. The molecule has 1 N–H and O–H groups in total. The lowest BCUT2D eigenvalue weighted by molar-refractivity contribution is 0.100. The molecule has 0 bridgehead atoms. The van der Waals surface area contributed by atoms with Crippen LogP contribution >= 0.6 is 0 Å². The number of benzene rings is 2. The van der Waals surface area contributed by atoms with Gasteiger partial charge in [-0.3, -0.25) is 4.79 Å². The Labute approximate surface area is 115 Å². The number of carbonyl (C=O) groups excluding carboxylic acids is 1. The molecule has 0 aliphatic carbocycles. The lowest BCUT2D eigenvalue weighted by atomic mass is 10.2. The molecule has 98 valence electrons. The first-order valence-corrected chi connectivity index (χ1v) is 6.09. The van der Waals surface area contributed by atoms with Gasteiger partial charge < -0.3 is 9.52 Å². The van der Waals surface area contributed by atoms with Crippen molar-refractivity contribution < 1.29 is 14.3 Å². The number of nitrogens with zero attached hydrogens (tertiary/aromatic N) is 1. The quantitative estimate of drug-likeness (QED) is 0.722. The van der Waals surface area contributed by atoms with E-state index in [1.54, 1.807) is 42.5 Å². The number of aromatic hydroxyl groups is 1. The van der Waals surface area contributed by atoms with Gasteiger partial charge >= 0.3 is 0 Å². The first kappa shape index (κ1) is 12.2. The van der Waals surface area contributed by atoms with Crippen molar-refractivity contribution in [3.8, 4) is 5.95 Å². The summed E-state index contributed by atoms with van der Waals surface area (Å²) in [5, 5.41) is 11.0. The van der Waals surface area contributed by atoms with Crippen LogP contribution in [0, 0.1) is 0 Å². The fraction of sp³-hybridized carbons (Fsp3) is 0. The Morgan fingerprint density at radius 2 is 1.65 bits per heavy atom. The molecule has 4 nitrogen and oxygen atoms in total. The van der Waals surface area contributed by atoms with Gasteiger partial charge in [0.15, 0.2) is 5.76 Å². The van der Waals surface area contributed by atoms with Crippen molar-refractivity contribution in [3.63, 3.8) is 0 Å². The van der Waals surface area contributed by atoms with Crippen LogP contribution in [0.25, 0.3) is 10.8 Å². The number of furan rings is 1. The van der Waals surface area contributed by atoms with Crippen molar-refractivity contribution >= 4 is 22.9 Å². The molecule has 0 spiro atoms. The third-order valence-corrected chi connectivity index (χ3v) is 2.95. The van der Waals surface area contributed by atoms with E-state index in [0.29, 0.717) is 16.7 Å². The standard InChI is InChI=1S/C16H11NO3/c18-15(11-6-2-1-3-7-11)17-10-14-12-8-4-5-9-13(12)16(19)20-14/h1-10,19H. The molecule has 0 unspecified atom stereocenters. The van der Waals surface area contributed by atoms with Crippen molar-refractivity contribution in [2.24, 2.45) is 4.99 Å². The molecule has 0 fully saturated rings. The molecule has 3 aromatic rings. The van der Waals surface area contributed by atoms with Crippen LogP contribution in [0.5, 0.6) is 5.95 Å². The van der Waals surface area contributed by atoms with Crippen LogP contribution in [0.4, 0.5) is 0 Å². The largest absolute Gasteiger partial charge is 0.480 e. The van der Waals surface area contributed by atoms with Crippen LogP contribution in [0.2, 0.25) is 0 Å². The van der Waals surface area contributed by atoms with E-state index in [4.69, 9.17) is 4.42 Å². The van der Waals surface area contributed by atoms with Gasteiger partial charge in [0.25, 0.3) is 11.9 Å². The van der Waals surface area contributed by atoms with Gasteiger partial charge in [0.1, 0.15) is 0 Å². The Balaban J connectivity index is 1.94. The fourth-order valence-electron chi connectivity index (χ4n) is 1.97. The van der Waals surface area contributed by atoms with E-state index in [-0.39, 0.29) is 11.9 Å². The Kier molecular flexibility index (Phi) is 3.05. The molecule has 0 radical (unpaired) electrons. The predicted octanol–water partition coefficient (Wildman–Crippen LogP) is 3.40. The molecule has 2 aromatic carbocycles. The van der Waals surface area contributed by atoms with Gasteiger partial charge in [-0.25, -0.2) is 4.99 Å². The van der Waals surface area contributed by atoms with E-state index < -0.39 is 0 Å². The third kappa shape index (κ3) is 2.19. The molecule has 0 aliphatic heterocycles. The average Bonchev–Trinajstić information content (AvgIpc) is 2.83. The van der Waals surface area contributed by atoms with Gasteiger partial charge in [-0.1, -0.05) is 36.4 Å². The minimum Gasteiger partial charge on any atom is -0.480 e. The molecule has 0 aliphatic rings. The van der Waals surface area contributed by atoms with E-state index in [2.05, 4.69) is 4.99 Å². The van der Waals surface area contributed by atoms with Crippen LogP contribution in [0.15, 0.2) is 64.0 Å². The lowest BCUT2D eigenvalue weighted by Crippen LogP contribution is -1.94. The molecule has 0 saturated heterocycles. The third-order valence-electron chi connectivity index (χ3n) is 2.95. The minimum atomic E-state index is -0.356. The highest BCUT2D eigenvalue weighted by Gasteiger charge is 2.10. The Hall–Kier alpha value is -2.88. The summed E-state index contributed by atoms with van der Waals surface area (Å²) >= 11 is 0. The Morgan fingerprint density at radius 3 is 2.40 bits per heavy atom. The summed E-state index contributed by atoms with van der Waals surface area (Å²) in [6.07, 6.45) is 1.33. The van der Waals surface area contributed by atoms with Gasteiger partial charge in [0.05, 0.1) is 11.6 Å². The van der Waals surface area contributed by atoms with Gasteiger partial charge in [0, 0.05) is 10.9 Å². The molecule has 1 amide bonds. The normalized spacial score (nSPS) is 11.2. The number of hydrogen-bond donors (Lipinski definition) is 1. The molecular formula is C16H11NO3. The smallest absolute Gasteiger partial charge is 0.290 e. The topological polar surface area (TPSA) is 62.8 Å². The molecule has 20 heavy (non-hydrogen) atoms. The van der Waals surface area contributed by atoms with E-state index in [1.165, 1.54) is 6.21 Å². The van der Waals surface area contributed by atoms with E-state index in [9.17, 15) is 9.90 Å². The zero-order valence-corrected chi connectivity index (χ0v) is 10.5. The summed E-state index contributed by atoms with van der Waals surface area (Å²) in [7, 11) is 0. The first-order chi connectivity index (χ1) is 9.75. The van der Waals surface area contributed by atoms with Crippen molar-refractivity contribution in [1.82, 2.24) is 0 Å². The van der Waals surface area contributed by atoms with Crippen molar-refractivity contribution in [2.75, 3.05) is 0 Å². The molecular weight excluding hydrogens is 254 g/mol. The summed E-state index contributed by atoms with van der Waals surface area (Å²) in [5.41, 5.74) is 0.504. The number of rotatable bonds is 2. The highest BCUT2D eigenvalue weighted by Crippen LogP contribution is 2.29. The van der Waals surface area contributed by atoms with Gasteiger partial charge in [-0.2, -0.15) is 0 Å². The van der Waals surface area contributed by atoms with Crippen LogP contribution in [0.1, 0.15) is 16.1 Å². The van der Waals surface area contributed by atoms with Crippen LogP contribution < -0.4 is 0 Å². The zero-order chi connectivity index (χ0) is 13.9. The number of hydrogen-bond acceptors (Lipinski definition) is 3. The summed E-state index contributed by atoms with van der Waals surface area (Å²) in [5.74, 6) is -0.165. The summed E-state index contributed by atoms with van der Waals surface area (Å²) in [6.45, 7) is 0. The molecule has 3 rings (SSSR count).